The number of hydrogen-bond donors (Lipinski definition) is 0. The first-order valence-corrected chi connectivity index (χ1v) is 6.42. The molecule has 0 saturated carbocycles. The van der Waals surface area contributed by atoms with E-state index in [4.69, 9.17) is 9.05 Å². The van der Waals surface area contributed by atoms with Crippen molar-refractivity contribution in [2.75, 3.05) is 19.4 Å². The Kier molecular flexibility index (Phi) is 6.48. The van der Waals surface area contributed by atoms with Crippen molar-refractivity contribution in [3.63, 3.8) is 0 Å². The quantitative estimate of drug-likeness (QED) is 0.485. The number of rotatable bonds is 7. The zero-order chi connectivity index (χ0) is 11.9. The molecule has 6 heteroatoms. The molecule has 0 aromatic rings. The van der Waals surface area contributed by atoms with Crippen LogP contribution < -0.4 is 5.11 Å². The summed E-state index contributed by atoms with van der Waals surface area (Å²) in [5, 5.41) is 10.3. The summed E-state index contributed by atoms with van der Waals surface area (Å²) in [5.74, 6) is -1.31. The lowest BCUT2D eigenvalue weighted by molar-refractivity contribution is -0.297. The van der Waals surface area contributed by atoms with Crippen molar-refractivity contribution in [2.45, 2.75) is 20.8 Å². The number of carboxylic acids is 1. The molecule has 0 rings (SSSR count). The third kappa shape index (κ3) is 6.44. The highest BCUT2D eigenvalue weighted by Gasteiger charge is 2.23. The van der Waals surface area contributed by atoms with Gasteiger partial charge in [-0.15, -0.1) is 0 Å². The zero-order valence-corrected chi connectivity index (χ0v) is 10.1. The molecule has 0 aliphatic heterocycles. The van der Waals surface area contributed by atoms with Gasteiger partial charge < -0.3 is 18.9 Å². The van der Waals surface area contributed by atoms with Crippen LogP contribution in [0, 0.1) is 0 Å². The van der Waals surface area contributed by atoms with E-state index in [0.717, 1.165) is 6.08 Å². The molecule has 0 aliphatic rings. The van der Waals surface area contributed by atoms with Gasteiger partial charge in [-0.25, -0.2) is 0 Å². The normalized spacial score (nSPS) is 12.9. The van der Waals surface area contributed by atoms with Gasteiger partial charge in [0.05, 0.1) is 25.3 Å². The van der Waals surface area contributed by atoms with E-state index >= 15 is 0 Å². The Morgan fingerprint density at radius 1 is 1.33 bits per heavy atom. The molecular weight excluding hydrogens is 219 g/mol. The molecule has 0 aromatic carbocycles. The Labute approximate surface area is 89.6 Å². The Morgan fingerprint density at radius 2 is 1.80 bits per heavy atom. The summed E-state index contributed by atoms with van der Waals surface area (Å²) in [5.41, 5.74) is 0.403. The van der Waals surface area contributed by atoms with Gasteiger partial charge in [-0.1, -0.05) is 5.57 Å². The van der Waals surface area contributed by atoms with E-state index in [1.165, 1.54) is 0 Å². The Balaban J connectivity index is 4.54. The molecule has 0 N–H and O–H groups in total. The summed E-state index contributed by atoms with van der Waals surface area (Å²) >= 11 is 0. The van der Waals surface area contributed by atoms with Crippen LogP contribution in [0.2, 0.25) is 0 Å². The van der Waals surface area contributed by atoms with Crippen LogP contribution in [0.3, 0.4) is 0 Å². The summed E-state index contributed by atoms with van der Waals surface area (Å²) in [4.78, 5) is 10.3. The molecule has 5 nitrogen and oxygen atoms in total. The van der Waals surface area contributed by atoms with E-state index in [0.29, 0.717) is 5.57 Å². The molecule has 15 heavy (non-hydrogen) atoms. The topological polar surface area (TPSA) is 75.7 Å². The van der Waals surface area contributed by atoms with Gasteiger partial charge >= 0.3 is 7.60 Å². The fourth-order valence-electron chi connectivity index (χ4n) is 1.07. The van der Waals surface area contributed by atoms with E-state index in [1.54, 1.807) is 20.8 Å². The van der Waals surface area contributed by atoms with Crippen LogP contribution >= 0.6 is 7.60 Å². The summed E-state index contributed by atoms with van der Waals surface area (Å²) < 4.78 is 21.9. The van der Waals surface area contributed by atoms with Gasteiger partial charge in [-0.05, 0) is 26.8 Å². The highest BCUT2D eigenvalue weighted by atomic mass is 31.2. The molecule has 88 valence electrons. The summed E-state index contributed by atoms with van der Waals surface area (Å²) in [6, 6.07) is 0. The largest absolute Gasteiger partial charge is 0.545 e. The molecule has 0 amide bonds. The fourth-order valence-corrected chi connectivity index (χ4v) is 2.82. The minimum atomic E-state index is -3.19. The standard InChI is InChI=1S/C9H17O5P/c1-4-13-15(12,14-5-2)7-8(3)6-9(10)11/h6H,4-5,7H2,1-3H3,(H,10,11)/p-1/b8-6+. The SMILES string of the molecule is CCOP(=O)(C/C(C)=C/C(=O)[O-])OCC. The second kappa shape index (κ2) is 6.77. The molecule has 0 aliphatic carbocycles. The minimum absolute atomic E-state index is 0.0251. The summed E-state index contributed by atoms with van der Waals surface area (Å²) in [6.45, 7) is 5.46. The third-order valence-electron chi connectivity index (χ3n) is 1.46. The van der Waals surface area contributed by atoms with E-state index in [-0.39, 0.29) is 19.4 Å². The van der Waals surface area contributed by atoms with Gasteiger partial charge in [0, 0.05) is 0 Å². The second-order valence-electron chi connectivity index (χ2n) is 2.91. The van der Waals surface area contributed by atoms with Gasteiger partial charge in [0.2, 0.25) is 0 Å². The number of carbonyl (C=O) groups is 1. The molecular formula is C9H16O5P-. The predicted octanol–water partition coefficient (Wildman–Crippen LogP) is 0.949. The highest BCUT2D eigenvalue weighted by Crippen LogP contribution is 2.49. The Bertz CT molecular complexity index is 274. The van der Waals surface area contributed by atoms with Crippen LogP contribution in [0.5, 0.6) is 0 Å². The van der Waals surface area contributed by atoms with Gasteiger partial charge in [-0.2, -0.15) is 0 Å². The number of allylic oxidation sites excluding steroid dienone is 1. The molecule has 0 radical (unpaired) electrons. The molecule has 0 spiro atoms. The van der Waals surface area contributed by atoms with Gasteiger partial charge in [0.1, 0.15) is 0 Å². The van der Waals surface area contributed by atoms with Crippen molar-refractivity contribution in [1.29, 1.82) is 0 Å². The average Bonchev–Trinajstić information content (AvgIpc) is 2.01. The maximum absolute atomic E-state index is 11.9. The van der Waals surface area contributed by atoms with Crippen molar-refractivity contribution in [2.24, 2.45) is 0 Å². The third-order valence-corrected chi connectivity index (χ3v) is 3.65. The summed E-state index contributed by atoms with van der Waals surface area (Å²) in [7, 11) is -3.19. The van der Waals surface area contributed by atoms with Gasteiger partial charge in [-0.3, -0.25) is 4.57 Å². The van der Waals surface area contributed by atoms with Crippen LogP contribution in [0.25, 0.3) is 0 Å². The van der Waals surface area contributed by atoms with E-state index in [2.05, 4.69) is 0 Å². The smallest absolute Gasteiger partial charge is 0.334 e. The molecule has 0 saturated heterocycles. The number of carboxylic acid groups (broad SMARTS) is 1. The number of hydrogen-bond acceptors (Lipinski definition) is 5. The first-order valence-electron chi connectivity index (χ1n) is 4.69. The molecule has 0 atom stereocenters. The lowest BCUT2D eigenvalue weighted by Gasteiger charge is -2.17. The van der Waals surface area contributed by atoms with Gasteiger partial charge in [0.15, 0.2) is 0 Å². The van der Waals surface area contributed by atoms with E-state index in [1.807, 2.05) is 0 Å². The van der Waals surface area contributed by atoms with Crippen molar-refractivity contribution in [3.8, 4) is 0 Å². The average molecular weight is 235 g/mol. The van der Waals surface area contributed by atoms with Crippen molar-refractivity contribution < 1.29 is 23.5 Å². The van der Waals surface area contributed by atoms with Crippen LogP contribution in [0.4, 0.5) is 0 Å². The maximum Gasteiger partial charge on any atom is 0.334 e. The fraction of sp³-hybridized carbons (Fsp3) is 0.667. The Hall–Kier alpha value is -0.640. The molecule has 0 bridgehead atoms. The van der Waals surface area contributed by atoms with Crippen LogP contribution in [0.15, 0.2) is 11.6 Å². The molecule has 0 unspecified atom stereocenters. The second-order valence-corrected chi connectivity index (χ2v) is 4.97. The molecule has 0 fully saturated rings. The van der Waals surface area contributed by atoms with Crippen LogP contribution in [0.1, 0.15) is 20.8 Å². The predicted molar refractivity (Wildman–Crippen MR) is 54.5 cm³/mol. The number of carbonyl (C=O) groups excluding carboxylic acids is 1. The first-order chi connectivity index (χ1) is 6.93. The van der Waals surface area contributed by atoms with Crippen molar-refractivity contribution >= 4 is 13.6 Å². The minimum Gasteiger partial charge on any atom is -0.545 e. The summed E-state index contributed by atoms with van der Waals surface area (Å²) in [6.07, 6.45) is 0.868. The lowest BCUT2D eigenvalue weighted by atomic mass is 10.3. The first kappa shape index (κ1) is 14.4. The zero-order valence-electron chi connectivity index (χ0n) is 9.19. The van der Waals surface area contributed by atoms with Crippen molar-refractivity contribution in [3.05, 3.63) is 11.6 Å². The number of aliphatic carboxylic acids is 1. The molecule has 0 heterocycles. The van der Waals surface area contributed by atoms with Crippen LogP contribution in [-0.4, -0.2) is 25.3 Å². The van der Waals surface area contributed by atoms with Gasteiger partial charge in [0.25, 0.3) is 0 Å². The van der Waals surface area contributed by atoms with E-state index in [9.17, 15) is 14.5 Å². The Morgan fingerprint density at radius 3 is 2.13 bits per heavy atom. The highest BCUT2D eigenvalue weighted by molar-refractivity contribution is 7.54. The molecule has 0 aromatic heterocycles. The maximum atomic E-state index is 11.9. The monoisotopic (exact) mass is 235 g/mol. The van der Waals surface area contributed by atoms with E-state index < -0.39 is 13.6 Å². The van der Waals surface area contributed by atoms with Crippen molar-refractivity contribution in [1.82, 2.24) is 0 Å². The van der Waals surface area contributed by atoms with Crippen LogP contribution in [-0.2, 0) is 18.4 Å². The lowest BCUT2D eigenvalue weighted by Crippen LogP contribution is -2.19.